The van der Waals surface area contributed by atoms with Crippen molar-refractivity contribution in [2.24, 2.45) is 5.11 Å². The minimum Gasteiger partial charge on any atom is -0.486 e. The fourth-order valence-electron chi connectivity index (χ4n) is 0.741. The normalized spacial score (nSPS) is 8.62. The predicted octanol–water partition coefficient (Wildman–Crippen LogP) is 1.90. The molecule has 0 atom stereocenters. The molecule has 1 aromatic rings. The molecule has 0 N–H and O–H groups in total. The van der Waals surface area contributed by atoms with Gasteiger partial charge in [0.15, 0.2) is 6.61 Å². The second-order valence-corrected chi connectivity index (χ2v) is 2.18. The maximum absolute atomic E-state index is 10.7. The van der Waals surface area contributed by atoms with E-state index in [1.807, 2.05) is 6.07 Å². The van der Waals surface area contributed by atoms with Crippen LogP contribution in [0.1, 0.15) is 0 Å². The zero-order valence-electron chi connectivity index (χ0n) is 6.75. The van der Waals surface area contributed by atoms with Crippen molar-refractivity contribution in [1.29, 1.82) is 0 Å². The van der Waals surface area contributed by atoms with Crippen molar-refractivity contribution in [3.8, 4) is 5.75 Å². The Morgan fingerprint density at radius 1 is 1.46 bits per heavy atom. The number of carbonyl (C=O) groups excluding carboxylic acids is 1. The number of hydrogen-bond acceptors (Lipinski definition) is 2. The van der Waals surface area contributed by atoms with Gasteiger partial charge in [-0.15, -0.1) is 0 Å². The van der Waals surface area contributed by atoms with Gasteiger partial charge in [0.05, 0.1) is 0 Å². The highest BCUT2D eigenvalue weighted by Gasteiger charge is 1.98. The van der Waals surface area contributed by atoms with E-state index in [4.69, 9.17) is 10.3 Å². The molecule has 0 aliphatic heterocycles. The molecule has 0 saturated carbocycles. The van der Waals surface area contributed by atoms with Crippen LogP contribution in [-0.4, -0.2) is 12.5 Å². The van der Waals surface area contributed by atoms with E-state index in [0.29, 0.717) is 5.75 Å². The Bertz CT molecular complexity index is 331. The van der Waals surface area contributed by atoms with Gasteiger partial charge in [-0.3, -0.25) is 4.79 Å². The summed E-state index contributed by atoms with van der Waals surface area (Å²) in [4.78, 5) is 13.0. The van der Waals surface area contributed by atoms with E-state index in [-0.39, 0.29) is 6.61 Å². The molecule has 5 heteroatoms. The number of amides is 1. The fraction of sp³-hybridized carbons (Fsp3) is 0.125. The van der Waals surface area contributed by atoms with Crippen molar-refractivity contribution in [1.82, 2.24) is 0 Å². The molecule has 0 aromatic heterocycles. The van der Waals surface area contributed by atoms with Gasteiger partial charge in [-0.25, -0.2) is 0 Å². The maximum Gasteiger partial charge on any atom is 0.256 e. The summed E-state index contributed by atoms with van der Waals surface area (Å²) in [5, 5.41) is 2.86. The Hall–Kier alpha value is -2.00. The van der Waals surface area contributed by atoms with Crippen LogP contribution in [0.3, 0.4) is 0 Å². The molecule has 0 saturated heterocycles. The number of benzene rings is 1. The Kier molecular flexibility index (Phi) is 3.35. The number of rotatable bonds is 3. The van der Waals surface area contributed by atoms with Crippen molar-refractivity contribution in [3.05, 3.63) is 40.8 Å². The molecule has 0 aliphatic rings. The molecule has 0 spiro atoms. The topological polar surface area (TPSA) is 75.1 Å². The number of hydrogen-bond donors (Lipinski definition) is 0. The first-order valence-electron chi connectivity index (χ1n) is 3.58. The van der Waals surface area contributed by atoms with Gasteiger partial charge in [-0.1, -0.05) is 18.2 Å². The summed E-state index contributed by atoms with van der Waals surface area (Å²) < 4.78 is 5.01. The highest BCUT2D eigenvalue weighted by molar-refractivity contribution is 5.78. The lowest BCUT2D eigenvalue weighted by atomic mass is 10.3. The van der Waals surface area contributed by atoms with Gasteiger partial charge in [0, 0.05) is 4.91 Å². The van der Waals surface area contributed by atoms with Gasteiger partial charge in [-0.05, 0) is 22.8 Å². The largest absolute Gasteiger partial charge is 0.486 e. The Balaban J connectivity index is 2.44. The number of carbonyl (C=O) groups is 1. The molecular weight excluding hydrogens is 170 g/mol. The summed E-state index contributed by atoms with van der Waals surface area (Å²) in [5.41, 5.74) is 7.92. The minimum absolute atomic E-state index is 0.228. The van der Waals surface area contributed by atoms with E-state index in [1.165, 1.54) is 0 Å². The second-order valence-electron chi connectivity index (χ2n) is 2.18. The highest BCUT2D eigenvalue weighted by atomic mass is 16.5. The lowest BCUT2D eigenvalue weighted by Gasteiger charge is -2.01. The standard InChI is InChI=1S/C8H7N3O2/c9-11-10-8(12)6-13-7-4-2-1-3-5-7/h1-5H,6H2. The van der Waals surface area contributed by atoms with E-state index < -0.39 is 5.91 Å². The fourth-order valence-corrected chi connectivity index (χ4v) is 0.741. The lowest BCUT2D eigenvalue weighted by Crippen LogP contribution is -2.07. The van der Waals surface area contributed by atoms with Crippen molar-refractivity contribution in [3.63, 3.8) is 0 Å². The quantitative estimate of drug-likeness (QED) is 0.401. The van der Waals surface area contributed by atoms with Gasteiger partial charge < -0.3 is 4.74 Å². The average Bonchev–Trinajstić information content (AvgIpc) is 2.17. The van der Waals surface area contributed by atoms with Gasteiger partial charge >= 0.3 is 0 Å². The number of ether oxygens (including phenoxy) is 1. The molecule has 0 fully saturated rings. The molecule has 0 bridgehead atoms. The van der Waals surface area contributed by atoms with Gasteiger partial charge in [0.25, 0.3) is 5.91 Å². The number of azide groups is 1. The monoisotopic (exact) mass is 177 g/mol. The summed E-state index contributed by atoms with van der Waals surface area (Å²) in [6, 6.07) is 8.83. The van der Waals surface area contributed by atoms with E-state index in [2.05, 4.69) is 10.0 Å². The third-order valence-electron chi connectivity index (χ3n) is 1.26. The first kappa shape index (κ1) is 9.09. The molecular formula is C8H7N3O2. The zero-order chi connectivity index (χ0) is 9.52. The summed E-state index contributed by atoms with van der Waals surface area (Å²) in [7, 11) is 0. The van der Waals surface area contributed by atoms with Crippen molar-refractivity contribution in [2.75, 3.05) is 6.61 Å². The van der Waals surface area contributed by atoms with Crippen LogP contribution in [0.25, 0.3) is 10.4 Å². The van der Waals surface area contributed by atoms with Crippen LogP contribution < -0.4 is 4.74 Å². The van der Waals surface area contributed by atoms with Gasteiger partial charge in [0.1, 0.15) is 5.75 Å². The molecule has 13 heavy (non-hydrogen) atoms. The van der Waals surface area contributed by atoms with Crippen molar-refractivity contribution >= 4 is 5.91 Å². The predicted molar refractivity (Wildman–Crippen MR) is 46.1 cm³/mol. The van der Waals surface area contributed by atoms with Crippen LogP contribution in [0.2, 0.25) is 0 Å². The van der Waals surface area contributed by atoms with E-state index in [1.54, 1.807) is 24.3 Å². The molecule has 0 radical (unpaired) electrons. The molecule has 0 aliphatic carbocycles. The smallest absolute Gasteiger partial charge is 0.256 e. The van der Waals surface area contributed by atoms with Crippen LogP contribution in [0.15, 0.2) is 35.4 Å². The Labute approximate surface area is 74.6 Å². The van der Waals surface area contributed by atoms with Crippen LogP contribution in [0, 0.1) is 0 Å². The molecule has 1 aromatic carbocycles. The number of para-hydroxylation sites is 1. The Morgan fingerprint density at radius 3 is 2.77 bits per heavy atom. The maximum atomic E-state index is 10.7. The van der Waals surface area contributed by atoms with E-state index in [0.717, 1.165) is 0 Å². The van der Waals surface area contributed by atoms with Crippen LogP contribution in [0.4, 0.5) is 0 Å². The van der Waals surface area contributed by atoms with Gasteiger partial charge in [0.2, 0.25) is 0 Å². The second kappa shape index (κ2) is 4.79. The summed E-state index contributed by atoms with van der Waals surface area (Å²) in [6.45, 7) is -0.228. The third-order valence-corrected chi connectivity index (χ3v) is 1.26. The molecule has 1 amide bonds. The lowest BCUT2D eigenvalue weighted by molar-refractivity contribution is -0.119. The van der Waals surface area contributed by atoms with Crippen molar-refractivity contribution in [2.45, 2.75) is 0 Å². The van der Waals surface area contributed by atoms with Crippen LogP contribution in [-0.2, 0) is 4.79 Å². The van der Waals surface area contributed by atoms with Crippen LogP contribution >= 0.6 is 0 Å². The van der Waals surface area contributed by atoms with Crippen LogP contribution in [0.5, 0.6) is 5.75 Å². The minimum atomic E-state index is -0.633. The van der Waals surface area contributed by atoms with E-state index >= 15 is 0 Å². The average molecular weight is 177 g/mol. The molecule has 0 heterocycles. The summed E-state index contributed by atoms with van der Waals surface area (Å²) in [6.07, 6.45) is 0. The molecule has 1 rings (SSSR count). The Morgan fingerprint density at radius 2 is 2.15 bits per heavy atom. The third kappa shape index (κ3) is 3.27. The highest BCUT2D eigenvalue weighted by Crippen LogP contribution is 2.07. The first-order chi connectivity index (χ1) is 6.33. The molecule has 66 valence electrons. The first-order valence-corrected chi connectivity index (χ1v) is 3.58. The number of nitrogens with zero attached hydrogens (tertiary/aromatic N) is 3. The molecule has 5 nitrogen and oxygen atoms in total. The summed E-state index contributed by atoms with van der Waals surface area (Å²) >= 11 is 0. The summed E-state index contributed by atoms with van der Waals surface area (Å²) in [5.74, 6) is -0.0599. The zero-order valence-corrected chi connectivity index (χ0v) is 6.75. The van der Waals surface area contributed by atoms with Crippen molar-refractivity contribution < 1.29 is 9.53 Å². The van der Waals surface area contributed by atoms with E-state index in [9.17, 15) is 4.79 Å². The van der Waals surface area contributed by atoms with Gasteiger partial charge in [-0.2, -0.15) is 0 Å². The SMILES string of the molecule is [N-]=[N+]=NC(=O)COc1ccccc1. The molecule has 0 unspecified atom stereocenters.